The van der Waals surface area contributed by atoms with Gasteiger partial charge in [-0.25, -0.2) is 4.98 Å². The Kier molecular flexibility index (Phi) is 7.09. The Bertz CT molecular complexity index is 1610. The Labute approximate surface area is 221 Å². The van der Waals surface area contributed by atoms with Crippen molar-refractivity contribution in [3.63, 3.8) is 0 Å². The third-order valence-electron chi connectivity index (χ3n) is 6.94. The second-order valence-corrected chi connectivity index (χ2v) is 9.80. The van der Waals surface area contributed by atoms with Crippen LogP contribution in [0.5, 0.6) is 5.75 Å². The van der Waals surface area contributed by atoms with Gasteiger partial charge in [-0.2, -0.15) is 0 Å². The lowest BCUT2D eigenvalue weighted by atomic mass is 10.1. The zero-order valence-electron chi connectivity index (χ0n) is 22.0. The van der Waals surface area contributed by atoms with Gasteiger partial charge in [0.05, 0.1) is 23.0 Å². The van der Waals surface area contributed by atoms with Gasteiger partial charge in [-0.3, -0.25) is 19.0 Å². The fourth-order valence-electron chi connectivity index (χ4n) is 5.05. The Morgan fingerprint density at radius 2 is 1.87 bits per heavy atom. The minimum absolute atomic E-state index is 0.0239. The summed E-state index contributed by atoms with van der Waals surface area (Å²) in [6.45, 7) is 6.38. The van der Waals surface area contributed by atoms with E-state index in [1.54, 1.807) is 33.7 Å². The van der Waals surface area contributed by atoms with E-state index in [4.69, 9.17) is 9.72 Å². The highest BCUT2D eigenvalue weighted by Crippen LogP contribution is 2.32. The lowest BCUT2D eigenvalue weighted by molar-refractivity contribution is -0.131. The number of anilines is 1. The third-order valence-corrected chi connectivity index (χ3v) is 6.94. The number of unbranched alkanes of at least 4 members (excludes halogenated alkanes) is 1. The fourth-order valence-corrected chi connectivity index (χ4v) is 5.05. The molecule has 7 nitrogen and oxygen atoms in total. The summed E-state index contributed by atoms with van der Waals surface area (Å²) in [6.07, 6.45) is 3.42. The summed E-state index contributed by atoms with van der Waals surface area (Å²) in [5, 5.41) is 0.634. The Morgan fingerprint density at radius 1 is 1.05 bits per heavy atom. The minimum Gasteiger partial charge on any atom is -0.426 e. The van der Waals surface area contributed by atoms with Crippen molar-refractivity contribution in [2.45, 2.75) is 53.0 Å². The van der Waals surface area contributed by atoms with E-state index in [1.165, 1.54) is 6.92 Å². The number of hydrogen-bond donors (Lipinski definition) is 0. The molecule has 0 saturated heterocycles. The number of amides is 1. The summed E-state index contributed by atoms with van der Waals surface area (Å²) < 4.78 is 7.06. The van der Waals surface area contributed by atoms with Crippen molar-refractivity contribution in [3.05, 3.63) is 99.1 Å². The van der Waals surface area contributed by atoms with Gasteiger partial charge in [0.25, 0.3) is 11.5 Å². The normalized spacial score (nSPS) is 12.6. The maximum Gasteiger partial charge on any atom is 0.308 e. The Hall–Kier alpha value is -4.26. The van der Waals surface area contributed by atoms with E-state index < -0.39 is 5.97 Å². The van der Waals surface area contributed by atoms with E-state index in [1.807, 2.05) is 37.3 Å². The zero-order valence-corrected chi connectivity index (χ0v) is 22.0. The molecule has 0 atom stereocenters. The molecule has 0 fully saturated rings. The van der Waals surface area contributed by atoms with Crippen molar-refractivity contribution >= 4 is 28.5 Å². The first kappa shape index (κ1) is 25.4. The van der Waals surface area contributed by atoms with Gasteiger partial charge in [-0.15, -0.1) is 0 Å². The molecule has 0 aliphatic carbocycles. The van der Waals surface area contributed by atoms with Crippen molar-refractivity contribution in [1.29, 1.82) is 0 Å². The number of rotatable bonds is 7. The largest absolute Gasteiger partial charge is 0.426 e. The second kappa shape index (κ2) is 10.6. The Balaban J connectivity index is 1.46. The molecule has 4 aromatic rings. The first-order valence-electron chi connectivity index (χ1n) is 13.1. The SMILES string of the molecule is CCCCc1nc2ccc(C)cc2c(=O)n1Cc1ccc2c(c1)CCN2C(=O)c1ccccc1OC(C)=O. The number of para-hydroxylation sites is 1. The smallest absolute Gasteiger partial charge is 0.308 e. The van der Waals surface area contributed by atoms with Crippen LogP contribution in [0, 0.1) is 6.92 Å². The summed E-state index contributed by atoms with van der Waals surface area (Å²) in [4.78, 5) is 45.0. The molecular weight excluding hydrogens is 478 g/mol. The highest BCUT2D eigenvalue weighted by molar-refractivity contribution is 6.09. The predicted molar refractivity (Wildman–Crippen MR) is 148 cm³/mol. The number of aromatic nitrogens is 2. The van der Waals surface area contributed by atoms with Crippen LogP contribution in [0.1, 0.15) is 59.6 Å². The second-order valence-electron chi connectivity index (χ2n) is 9.80. The molecule has 0 unspecified atom stereocenters. The number of nitrogens with zero attached hydrogens (tertiary/aromatic N) is 3. The van der Waals surface area contributed by atoms with E-state index in [2.05, 4.69) is 13.0 Å². The molecule has 0 spiro atoms. The molecule has 1 aromatic heterocycles. The number of aryl methyl sites for hydroxylation is 2. The number of fused-ring (bicyclic) bond motifs is 2. The van der Waals surface area contributed by atoms with Gasteiger partial charge < -0.3 is 9.64 Å². The van der Waals surface area contributed by atoms with Crippen LogP contribution in [-0.2, 0) is 24.2 Å². The van der Waals surface area contributed by atoms with Gasteiger partial charge in [-0.1, -0.05) is 49.2 Å². The van der Waals surface area contributed by atoms with Crippen LogP contribution in [-0.4, -0.2) is 28.0 Å². The molecular formula is C31H31N3O4. The molecule has 0 bridgehead atoms. The average molecular weight is 510 g/mol. The van der Waals surface area contributed by atoms with Crippen molar-refractivity contribution in [3.8, 4) is 5.75 Å². The fraction of sp³-hybridized carbons (Fsp3) is 0.290. The van der Waals surface area contributed by atoms with Crippen molar-refractivity contribution in [2.24, 2.45) is 0 Å². The summed E-state index contributed by atoms with van der Waals surface area (Å²) in [5.41, 5.74) is 4.97. The lowest BCUT2D eigenvalue weighted by Crippen LogP contribution is -2.29. The number of carbonyl (C=O) groups excluding carboxylic acids is 2. The number of hydrogen-bond acceptors (Lipinski definition) is 5. The standard InChI is InChI=1S/C31H31N3O4/c1-4-5-10-29-32-26-13-11-20(2)17-25(26)31(37)34(29)19-22-12-14-27-23(18-22)15-16-33(27)30(36)24-8-6-7-9-28(24)38-21(3)35/h6-9,11-14,17-18H,4-5,10,15-16,19H2,1-3H3. The van der Waals surface area contributed by atoms with Gasteiger partial charge in [0.15, 0.2) is 0 Å². The molecule has 0 saturated carbocycles. The first-order valence-corrected chi connectivity index (χ1v) is 13.1. The van der Waals surface area contributed by atoms with Crippen LogP contribution in [0.25, 0.3) is 10.9 Å². The van der Waals surface area contributed by atoms with Crippen molar-refractivity contribution in [2.75, 3.05) is 11.4 Å². The van der Waals surface area contributed by atoms with Crippen LogP contribution < -0.4 is 15.2 Å². The van der Waals surface area contributed by atoms with E-state index in [9.17, 15) is 14.4 Å². The van der Waals surface area contributed by atoms with Gasteiger partial charge >= 0.3 is 5.97 Å². The molecule has 1 amide bonds. The van der Waals surface area contributed by atoms with Gasteiger partial charge in [0.1, 0.15) is 11.6 Å². The topological polar surface area (TPSA) is 81.5 Å². The van der Waals surface area contributed by atoms with E-state index >= 15 is 0 Å². The monoisotopic (exact) mass is 509 g/mol. The number of carbonyl (C=O) groups is 2. The highest BCUT2D eigenvalue weighted by Gasteiger charge is 2.28. The predicted octanol–water partition coefficient (Wildman–Crippen LogP) is 5.22. The Morgan fingerprint density at radius 3 is 2.66 bits per heavy atom. The average Bonchev–Trinajstić information content (AvgIpc) is 3.32. The van der Waals surface area contributed by atoms with E-state index in [0.717, 1.165) is 53.0 Å². The molecule has 3 aromatic carbocycles. The molecule has 1 aliphatic rings. The van der Waals surface area contributed by atoms with Gasteiger partial charge in [0, 0.05) is 25.6 Å². The molecule has 7 heteroatoms. The van der Waals surface area contributed by atoms with Crippen LogP contribution in [0.15, 0.2) is 65.5 Å². The van der Waals surface area contributed by atoms with Crippen LogP contribution in [0.4, 0.5) is 5.69 Å². The highest BCUT2D eigenvalue weighted by atomic mass is 16.5. The molecule has 194 valence electrons. The summed E-state index contributed by atoms with van der Waals surface area (Å²) in [5.74, 6) is 0.379. The quantitative estimate of drug-likeness (QED) is 0.252. The number of benzene rings is 3. The number of ether oxygens (including phenoxy) is 1. The molecule has 0 N–H and O–H groups in total. The molecule has 38 heavy (non-hydrogen) atoms. The molecule has 5 rings (SSSR count). The van der Waals surface area contributed by atoms with Crippen molar-refractivity contribution in [1.82, 2.24) is 9.55 Å². The molecule has 1 aliphatic heterocycles. The van der Waals surface area contributed by atoms with Gasteiger partial charge in [0.2, 0.25) is 0 Å². The number of esters is 1. The lowest BCUT2D eigenvalue weighted by Gasteiger charge is -2.19. The van der Waals surface area contributed by atoms with Gasteiger partial charge in [-0.05, 0) is 61.2 Å². The minimum atomic E-state index is -0.469. The maximum atomic E-state index is 13.5. The third kappa shape index (κ3) is 4.96. The van der Waals surface area contributed by atoms with Crippen LogP contribution in [0.3, 0.4) is 0 Å². The summed E-state index contributed by atoms with van der Waals surface area (Å²) >= 11 is 0. The maximum absolute atomic E-state index is 13.5. The zero-order chi connectivity index (χ0) is 26.8. The first-order chi connectivity index (χ1) is 18.4. The van der Waals surface area contributed by atoms with E-state index in [0.29, 0.717) is 30.5 Å². The van der Waals surface area contributed by atoms with Crippen molar-refractivity contribution < 1.29 is 14.3 Å². The molecule has 2 heterocycles. The van der Waals surface area contributed by atoms with Crippen LogP contribution in [0.2, 0.25) is 0 Å². The van der Waals surface area contributed by atoms with Crippen LogP contribution >= 0.6 is 0 Å². The molecule has 0 radical (unpaired) electrons. The summed E-state index contributed by atoms with van der Waals surface area (Å²) in [7, 11) is 0. The summed E-state index contributed by atoms with van der Waals surface area (Å²) in [6, 6.07) is 18.6. The van der Waals surface area contributed by atoms with E-state index in [-0.39, 0.29) is 17.2 Å².